The standard InChI is InChI=1S/C11H18ClN3/c1-3-9(7-8-5-6-8)15-10(4-2)13-14-11(15)12/h8-9H,3-7H2,1-2H3. The van der Waals surface area contributed by atoms with Crippen LogP contribution in [0, 0.1) is 5.92 Å². The minimum absolute atomic E-state index is 0.495. The van der Waals surface area contributed by atoms with Crippen molar-refractivity contribution in [3.63, 3.8) is 0 Å². The molecule has 15 heavy (non-hydrogen) atoms. The van der Waals surface area contributed by atoms with Gasteiger partial charge in [0.1, 0.15) is 5.82 Å². The summed E-state index contributed by atoms with van der Waals surface area (Å²) in [5.41, 5.74) is 0. The van der Waals surface area contributed by atoms with Crippen molar-refractivity contribution in [2.24, 2.45) is 5.92 Å². The summed E-state index contributed by atoms with van der Waals surface area (Å²) in [4.78, 5) is 0. The van der Waals surface area contributed by atoms with Crippen LogP contribution in [-0.2, 0) is 6.42 Å². The predicted octanol–water partition coefficient (Wildman–Crippen LogP) is 3.25. The van der Waals surface area contributed by atoms with Gasteiger partial charge in [-0.3, -0.25) is 4.57 Å². The van der Waals surface area contributed by atoms with E-state index in [-0.39, 0.29) is 0 Å². The second-order valence-corrected chi connectivity index (χ2v) is 4.69. The Balaban J connectivity index is 2.18. The molecule has 4 heteroatoms. The average Bonchev–Trinajstić information content (AvgIpc) is 2.98. The summed E-state index contributed by atoms with van der Waals surface area (Å²) in [5, 5.41) is 8.63. The Morgan fingerprint density at radius 3 is 2.67 bits per heavy atom. The van der Waals surface area contributed by atoms with Gasteiger partial charge in [-0.05, 0) is 30.4 Å². The lowest BCUT2D eigenvalue weighted by atomic mass is 10.1. The minimum atomic E-state index is 0.495. The number of aryl methyl sites for hydroxylation is 1. The van der Waals surface area contributed by atoms with Crippen LogP contribution < -0.4 is 0 Å². The molecule has 1 aromatic rings. The molecule has 1 atom stereocenters. The molecule has 0 radical (unpaired) electrons. The highest BCUT2D eigenvalue weighted by atomic mass is 35.5. The molecule has 0 aromatic carbocycles. The molecular weight excluding hydrogens is 210 g/mol. The third kappa shape index (κ3) is 2.33. The number of hydrogen-bond acceptors (Lipinski definition) is 2. The molecule has 84 valence electrons. The maximum atomic E-state index is 6.09. The van der Waals surface area contributed by atoms with Crippen LogP contribution in [-0.4, -0.2) is 14.8 Å². The maximum absolute atomic E-state index is 6.09. The topological polar surface area (TPSA) is 30.7 Å². The van der Waals surface area contributed by atoms with Crippen LogP contribution in [0.25, 0.3) is 0 Å². The lowest BCUT2D eigenvalue weighted by Gasteiger charge is -2.18. The molecule has 0 N–H and O–H groups in total. The molecule has 0 amide bonds. The molecule has 3 nitrogen and oxygen atoms in total. The van der Waals surface area contributed by atoms with Gasteiger partial charge in [0.2, 0.25) is 5.28 Å². The van der Waals surface area contributed by atoms with Gasteiger partial charge < -0.3 is 0 Å². The number of hydrogen-bond donors (Lipinski definition) is 0. The van der Waals surface area contributed by atoms with E-state index in [2.05, 4.69) is 28.6 Å². The van der Waals surface area contributed by atoms with Gasteiger partial charge in [-0.1, -0.05) is 26.7 Å². The van der Waals surface area contributed by atoms with E-state index in [0.717, 1.165) is 24.6 Å². The van der Waals surface area contributed by atoms with Gasteiger partial charge in [0.15, 0.2) is 0 Å². The normalized spacial score (nSPS) is 18.1. The Morgan fingerprint density at radius 2 is 2.13 bits per heavy atom. The predicted molar refractivity (Wildman–Crippen MR) is 61.1 cm³/mol. The number of nitrogens with zero attached hydrogens (tertiary/aromatic N) is 3. The first-order valence-corrected chi connectivity index (χ1v) is 6.23. The highest BCUT2D eigenvalue weighted by molar-refractivity contribution is 6.28. The number of halogens is 1. The lowest BCUT2D eigenvalue weighted by Crippen LogP contribution is -2.12. The van der Waals surface area contributed by atoms with E-state index in [0.29, 0.717) is 11.3 Å². The zero-order chi connectivity index (χ0) is 10.8. The first-order valence-electron chi connectivity index (χ1n) is 5.85. The first-order chi connectivity index (χ1) is 7.26. The molecule has 1 unspecified atom stereocenters. The molecule has 1 heterocycles. The SMILES string of the molecule is CCc1nnc(Cl)n1C(CC)CC1CC1. The van der Waals surface area contributed by atoms with Crippen LogP contribution in [0.2, 0.25) is 5.28 Å². The average molecular weight is 228 g/mol. The van der Waals surface area contributed by atoms with Gasteiger partial charge >= 0.3 is 0 Å². The van der Waals surface area contributed by atoms with Gasteiger partial charge in [-0.15, -0.1) is 10.2 Å². The summed E-state index contributed by atoms with van der Waals surface area (Å²) in [7, 11) is 0. The molecule has 1 aliphatic carbocycles. The molecule has 1 fully saturated rings. The van der Waals surface area contributed by atoms with E-state index >= 15 is 0 Å². The highest BCUT2D eigenvalue weighted by Gasteiger charge is 2.27. The smallest absolute Gasteiger partial charge is 0.225 e. The largest absolute Gasteiger partial charge is 0.299 e. The third-order valence-electron chi connectivity index (χ3n) is 3.18. The van der Waals surface area contributed by atoms with Crippen LogP contribution >= 0.6 is 11.6 Å². The minimum Gasteiger partial charge on any atom is -0.299 e. The quantitative estimate of drug-likeness (QED) is 0.773. The van der Waals surface area contributed by atoms with Gasteiger partial charge in [0.05, 0.1) is 0 Å². The first kappa shape index (κ1) is 10.9. The molecule has 1 aromatic heterocycles. The van der Waals surface area contributed by atoms with Crippen molar-refractivity contribution in [3.8, 4) is 0 Å². The second kappa shape index (κ2) is 4.52. The lowest BCUT2D eigenvalue weighted by molar-refractivity contribution is 0.417. The van der Waals surface area contributed by atoms with Gasteiger partial charge in [0, 0.05) is 12.5 Å². The summed E-state index contributed by atoms with van der Waals surface area (Å²) in [6, 6.07) is 0.495. The third-order valence-corrected chi connectivity index (χ3v) is 3.44. The van der Waals surface area contributed by atoms with E-state index in [1.165, 1.54) is 19.3 Å². The number of aromatic nitrogens is 3. The Labute approximate surface area is 95.8 Å². The summed E-state index contributed by atoms with van der Waals surface area (Å²) in [5.74, 6) is 1.94. The van der Waals surface area contributed by atoms with Crippen molar-refractivity contribution in [3.05, 3.63) is 11.1 Å². The monoisotopic (exact) mass is 227 g/mol. The number of rotatable bonds is 5. The van der Waals surface area contributed by atoms with Crippen LogP contribution in [0.1, 0.15) is 51.4 Å². The summed E-state index contributed by atoms with van der Waals surface area (Å²) >= 11 is 6.09. The Bertz CT molecular complexity index is 331. The molecule has 0 saturated heterocycles. The second-order valence-electron chi connectivity index (χ2n) is 4.35. The molecular formula is C11H18ClN3. The van der Waals surface area contributed by atoms with E-state index in [4.69, 9.17) is 11.6 Å². The summed E-state index contributed by atoms with van der Waals surface area (Å²) in [6.07, 6.45) is 6.03. The van der Waals surface area contributed by atoms with Crippen molar-refractivity contribution in [1.82, 2.24) is 14.8 Å². The fourth-order valence-electron chi connectivity index (χ4n) is 2.10. The summed E-state index contributed by atoms with van der Waals surface area (Å²) < 4.78 is 2.12. The van der Waals surface area contributed by atoms with Crippen LogP contribution in [0.4, 0.5) is 0 Å². The molecule has 0 bridgehead atoms. The zero-order valence-electron chi connectivity index (χ0n) is 9.41. The van der Waals surface area contributed by atoms with E-state index in [9.17, 15) is 0 Å². The van der Waals surface area contributed by atoms with Crippen LogP contribution in [0.5, 0.6) is 0 Å². The zero-order valence-corrected chi connectivity index (χ0v) is 10.2. The maximum Gasteiger partial charge on any atom is 0.225 e. The van der Waals surface area contributed by atoms with E-state index in [1.54, 1.807) is 0 Å². The van der Waals surface area contributed by atoms with Crippen molar-refractivity contribution in [2.45, 2.75) is 52.0 Å². The molecule has 1 saturated carbocycles. The van der Waals surface area contributed by atoms with E-state index < -0.39 is 0 Å². The Morgan fingerprint density at radius 1 is 1.40 bits per heavy atom. The fourth-order valence-corrected chi connectivity index (χ4v) is 2.37. The van der Waals surface area contributed by atoms with Crippen LogP contribution in [0.3, 0.4) is 0 Å². The van der Waals surface area contributed by atoms with Crippen molar-refractivity contribution < 1.29 is 0 Å². The van der Waals surface area contributed by atoms with Gasteiger partial charge in [-0.25, -0.2) is 0 Å². The molecule has 0 aliphatic heterocycles. The van der Waals surface area contributed by atoms with E-state index in [1.807, 2.05) is 0 Å². The molecule has 1 aliphatic rings. The molecule has 2 rings (SSSR count). The summed E-state index contributed by atoms with van der Waals surface area (Å²) in [6.45, 7) is 4.31. The Kier molecular flexibility index (Phi) is 3.29. The highest BCUT2D eigenvalue weighted by Crippen LogP contribution is 2.38. The van der Waals surface area contributed by atoms with Crippen LogP contribution in [0.15, 0.2) is 0 Å². The van der Waals surface area contributed by atoms with Crippen molar-refractivity contribution >= 4 is 11.6 Å². The Hall–Kier alpha value is -0.570. The van der Waals surface area contributed by atoms with Crippen molar-refractivity contribution in [1.29, 1.82) is 0 Å². The van der Waals surface area contributed by atoms with Crippen molar-refractivity contribution in [2.75, 3.05) is 0 Å². The fraction of sp³-hybridized carbons (Fsp3) is 0.818. The van der Waals surface area contributed by atoms with Gasteiger partial charge in [0.25, 0.3) is 0 Å². The molecule has 0 spiro atoms. The van der Waals surface area contributed by atoms with Gasteiger partial charge in [-0.2, -0.15) is 0 Å².